The third-order valence-electron chi connectivity index (χ3n) is 4.74. The minimum Gasteiger partial charge on any atom is -0.490 e. The lowest BCUT2D eigenvalue weighted by molar-refractivity contribution is -0.144. The summed E-state index contributed by atoms with van der Waals surface area (Å²) in [5.74, 6) is -1.93. The quantitative estimate of drug-likeness (QED) is 0.897. The van der Waals surface area contributed by atoms with Gasteiger partial charge in [0.1, 0.15) is 0 Å². The van der Waals surface area contributed by atoms with Gasteiger partial charge in [0, 0.05) is 17.9 Å². The summed E-state index contributed by atoms with van der Waals surface area (Å²) >= 11 is 0. The molecule has 0 saturated heterocycles. The van der Waals surface area contributed by atoms with Crippen LogP contribution in [0.15, 0.2) is 18.2 Å². The fourth-order valence-electron chi connectivity index (χ4n) is 3.48. The van der Waals surface area contributed by atoms with Crippen LogP contribution in [-0.4, -0.2) is 23.6 Å². The molecule has 1 saturated carbocycles. The van der Waals surface area contributed by atoms with Crippen LogP contribution in [0, 0.1) is 17.7 Å². The highest BCUT2D eigenvalue weighted by Crippen LogP contribution is 2.35. The van der Waals surface area contributed by atoms with E-state index >= 15 is 0 Å². The highest BCUT2D eigenvalue weighted by atomic mass is 19.1. The fourth-order valence-corrected chi connectivity index (χ4v) is 3.48. The summed E-state index contributed by atoms with van der Waals surface area (Å²) in [6, 6.07) is 4.40. The molecular formula is C17H20FNO4. The molecule has 0 radical (unpaired) electrons. The number of nitrogens with one attached hydrogen (secondary N) is 1. The van der Waals surface area contributed by atoms with Gasteiger partial charge in [-0.2, -0.15) is 0 Å². The molecule has 2 N–H and O–H groups in total. The van der Waals surface area contributed by atoms with Crippen molar-refractivity contribution in [3.8, 4) is 5.75 Å². The van der Waals surface area contributed by atoms with Crippen LogP contribution < -0.4 is 10.1 Å². The number of halogens is 1. The maximum absolute atomic E-state index is 13.8. The summed E-state index contributed by atoms with van der Waals surface area (Å²) < 4.78 is 19.1. The second-order valence-electron chi connectivity index (χ2n) is 6.26. The monoisotopic (exact) mass is 321 g/mol. The number of para-hydroxylation sites is 1. The Morgan fingerprint density at radius 2 is 2.00 bits per heavy atom. The smallest absolute Gasteiger partial charge is 0.306 e. The zero-order valence-corrected chi connectivity index (χ0v) is 12.8. The number of aliphatic carboxylic acids is 1. The van der Waals surface area contributed by atoms with Crippen molar-refractivity contribution in [2.75, 3.05) is 6.61 Å². The number of hydrogen-bond acceptors (Lipinski definition) is 3. The highest BCUT2D eigenvalue weighted by Gasteiger charge is 2.33. The van der Waals surface area contributed by atoms with Gasteiger partial charge in [0.15, 0.2) is 11.6 Å². The zero-order valence-electron chi connectivity index (χ0n) is 12.8. The Labute approximate surface area is 133 Å². The number of ether oxygens (including phenoxy) is 1. The molecule has 1 fully saturated rings. The van der Waals surface area contributed by atoms with Crippen molar-refractivity contribution < 1.29 is 23.8 Å². The molecule has 1 aromatic carbocycles. The van der Waals surface area contributed by atoms with Gasteiger partial charge in [-0.3, -0.25) is 9.59 Å². The summed E-state index contributed by atoms with van der Waals surface area (Å²) in [4.78, 5) is 23.6. The molecule has 1 aliphatic heterocycles. The molecule has 124 valence electrons. The zero-order chi connectivity index (χ0) is 16.4. The molecule has 5 nitrogen and oxygen atoms in total. The topological polar surface area (TPSA) is 75.6 Å². The van der Waals surface area contributed by atoms with E-state index in [-0.39, 0.29) is 23.6 Å². The van der Waals surface area contributed by atoms with Gasteiger partial charge >= 0.3 is 5.97 Å². The molecule has 2 unspecified atom stereocenters. The molecule has 0 bridgehead atoms. The van der Waals surface area contributed by atoms with Crippen molar-refractivity contribution >= 4 is 11.9 Å². The number of benzene rings is 1. The standard InChI is InChI=1S/C17H20FNO4/c18-13-6-2-5-12-14(7-8-23-15(12)13)19-16(20)10-3-1-4-11(9-10)17(21)22/h2,5-6,10-11,14H,1,3-4,7-9H2,(H,19,20)(H,21,22)/t10?,11?,14-/m1/s1. The van der Waals surface area contributed by atoms with E-state index in [0.29, 0.717) is 37.9 Å². The summed E-state index contributed by atoms with van der Waals surface area (Å²) in [5, 5.41) is 12.1. The molecule has 3 rings (SSSR count). The van der Waals surface area contributed by atoms with Gasteiger partial charge in [-0.05, 0) is 25.3 Å². The van der Waals surface area contributed by atoms with Gasteiger partial charge in [0.25, 0.3) is 0 Å². The number of hydrogen-bond donors (Lipinski definition) is 2. The molecular weight excluding hydrogens is 301 g/mol. The molecule has 1 amide bonds. The van der Waals surface area contributed by atoms with E-state index in [0.717, 1.165) is 6.42 Å². The van der Waals surface area contributed by atoms with Gasteiger partial charge in [-0.15, -0.1) is 0 Å². The maximum atomic E-state index is 13.8. The fraction of sp³-hybridized carbons (Fsp3) is 0.529. The van der Waals surface area contributed by atoms with E-state index < -0.39 is 17.7 Å². The maximum Gasteiger partial charge on any atom is 0.306 e. The summed E-state index contributed by atoms with van der Waals surface area (Å²) in [6.07, 6.45) is 3.03. The van der Waals surface area contributed by atoms with E-state index in [4.69, 9.17) is 9.84 Å². The van der Waals surface area contributed by atoms with Crippen molar-refractivity contribution in [2.24, 2.45) is 11.8 Å². The van der Waals surface area contributed by atoms with Crippen molar-refractivity contribution in [1.29, 1.82) is 0 Å². The first-order chi connectivity index (χ1) is 11.1. The first-order valence-electron chi connectivity index (χ1n) is 8.00. The second kappa shape index (κ2) is 6.56. The largest absolute Gasteiger partial charge is 0.490 e. The van der Waals surface area contributed by atoms with Crippen LogP contribution in [0.5, 0.6) is 5.75 Å². The van der Waals surface area contributed by atoms with Gasteiger partial charge in [-0.1, -0.05) is 18.6 Å². The number of amides is 1. The molecule has 23 heavy (non-hydrogen) atoms. The van der Waals surface area contributed by atoms with E-state index in [1.165, 1.54) is 6.07 Å². The molecule has 1 aliphatic carbocycles. The normalized spacial score (nSPS) is 26.7. The Kier molecular flexibility index (Phi) is 4.50. The van der Waals surface area contributed by atoms with Crippen LogP contribution in [0.1, 0.15) is 43.7 Å². The molecule has 2 aliphatic rings. The van der Waals surface area contributed by atoms with E-state index in [9.17, 15) is 14.0 Å². The van der Waals surface area contributed by atoms with Crippen LogP contribution in [-0.2, 0) is 9.59 Å². The minimum absolute atomic E-state index is 0.141. The third-order valence-corrected chi connectivity index (χ3v) is 4.74. The molecule has 1 aromatic rings. The third kappa shape index (κ3) is 3.30. The highest BCUT2D eigenvalue weighted by molar-refractivity contribution is 5.80. The Balaban J connectivity index is 1.69. The Morgan fingerprint density at radius 3 is 2.78 bits per heavy atom. The average molecular weight is 321 g/mol. The predicted octanol–water partition coefficient (Wildman–Crippen LogP) is 2.66. The Bertz CT molecular complexity index is 619. The number of carbonyl (C=O) groups is 2. The number of carboxylic acid groups (broad SMARTS) is 1. The Hall–Kier alpha value is -2.11. The van der Waals surface area contributed by atoms with Crippen LogP contribution in [0.4, 0.5) is 4.39 Å². The van der Waals surface area contributed by atoms with E-state index in [2.05, 4.69) is 5.32 Å². The second-order valence-corrected chi connectivity index (χ2v) is 6.26. The Morgan fingerprint density at radius 1 is 1.22 bits per heavy atom. The lowest BCUT2D eigenvalue weighted by Crippen LogP contribution is -2.39. The lowest BCUT2D eigenvalue weighted by Gasteiger charge is -2.30. The first-order valence-corrected chi connectivity index (χ1v) is 8.00. The average Bonchev–Trinajstić information content (AvgIpc) is 2.56. The summed E-state index contributed by atoms with van der Waals surface area (Å²) in [6.45, 7) is 0.349. The summed E-state index contributed by atoms with van der Waals surface area (Å²) in [5.41, 5.74) is 0.648. The number of rotatable bonds is 3. The SMILES string of the molecule is O=C(O)C1CCCC(C(=O)N[C@@H]2CCOc3c(F)cccc32)C1. The number of carboxylic acids is 1. The molecule has 3 atom stereocenters. The molecule has 6 heteroatoms. The molecule has 0 spiro atoms. The minimum atomic E-state index is -0.832. The van der Waals surface area contributed by atoms with Gasteiger partial charge in [-0.25, -0.2) is 4.39 Å². The van der Waals surface area contributed by atoms with Gasteiger partial charge in [0.2, 0.25) is 5.91 Å². The van der Waals surface area contributed by atoms with Crippen LogP contribution in [0.2, 0.25) is 0 Å². The number of carbonyl (C=O) groups excluding carboxylic acids is 1. The van der Waals surface area contributed by atoms with E-state index in [1.54, 1.807) is 12.1 Å². The van der Waals surface area contributed by atoms with Crippen LogP contribution in [0.3, 0.4) is 0 Å². The predicted molar refractivity (Wildman–Crippen MR) is 80.5 cm³/mol. The van der Waals surface area contributed by atoms with Gasteiger partial charge in [0.05, 0.1) is 18.6 Å². The van der Waals surface area contributed by atoms with Crippen molar-refractivity contribution in [3.05, 3.63) is 29.6 Å². The molecule has 1 heterocycles. The number of fused-ring (bicyclic) bond motifs is 1. The van der Waals surface area contributed by atoms with Crippen LogP contribution >= 0.6 is 0 Å². The van der Waals surface area contributed by atoms with Crippen molar-refractivity contribution in [1.82, 2.24) is 5.32 Å². The van der Waals surface area contributed by atoms with Gasteiger partial charge < -0.3 is 15.2 Å². The first kappa shape index (κ1) is 15.8. The van der Waals surface area contributed by atoms with Crippen LogP contribution in [0.25, 0.3) is 0 Å². The van der Waals surface area contributed by atoms with E-state index in [1.807, 2.05) is 0 Å². The molecule has 0 aromatic heterocycles. The summed E-state index contributed by atoms with van der Waals surface area (Å²) in [7, 11) is 0. The van der Waals surface area contributed by atoms with Crippen molar-refractivity contribution in [2.45, 2.75) is 38.1 Å². The van der Waals surface area contributed by atoms with Crippen molar-refractivity contribution in [3.63, 3.8) is 0 Å². The lowest BCUT2D eigenvalue weighted by atomic mass is 9.81.